The van der Waals surface area contributed by atoms with E-state index in [1.807, 2.05) is 30.3 Å². The van der Waals surface area contributed by atoms with Gasteiger partial charge in [-0.05, 0) is 37.7 Å². The van der Waals surface area contributed by atoms with E-state index in [1.165, 1.54) is 6.92 Å². The van der Waals surface area contributed by atoms with Gasteiger partial charge in [-0.1, -0.05) is 37.3 Å². The van der Waals surface area contributed by atoms with E-state index in [1.54, 1.807) is 0 Å². The summed E-state index contributed by atoms with van der Waals surface area (Å²) in [5.74, 6) is -0.249. The fraction of sp³-hybridized carbons (Fsp3) is 0.611. The largest absolute Gasteiger partial charge is 0.466 e. The lowest BCUT2D eigenvalue weighted by molar-refractivity contribution is -0.141. The number of hydrogen-bond donors (Lipinski definition) is 1. The summed E-state index contributed by atoms with van der Waals surface area (Å²) in [5, 5.41) is 10.1. The van der Waals surface area contributed by atoms with Crippen molar-refractivity contribution in [3.8, 4) is 0 Å². The van der Waals surface area contributed by atoms with Crippen LogP contribution in [-0.4, -0.2) is 29.9 Å². The first-order chi connectivity index (χ1) is 10.6. The van der Waals surface area contributed by atoms with Gasteiger partial charge >= 0.3 is 5.97 Å². The number of benzene rings is 1. The second-order valence-corrected chi connectivity index (χ2v) is 5.55. The number of hydrogen-bond acceptors (Lipinski definition) is 4. The van der Waals surface area contributed by atoms with E-state index in [0.29, 0.717) is 26.1 Å². The Morgan fingerprint density at radius 2 is 1.95 bits per heavy atom. The topological polar surface area (TPSA) is 55.8 Å². The fourth-order valence-electron chi connectivity index (χ4n) is 2.26. The lowest BCUT2D eigenvalue weighted by atomic mass is 10.0. The van der Waals surface area contributed by atoms with Crippen molar-refractivity contribution in [2.24, 2.45) is 0 Å². The minimum Gasteiger partial charge on any atom is -0.466 e. The molecule has 0 aromatic heterocycles. The van der Waals surface area contributed by atoms with Gasteiger partial charge in [-0.25, -0.2) is 0 Å². The van der Waals surface area contributed by atoms with E-state index >= 15 is 0 Å². The maximum Gasteiger partial charge on any atom is 0.302 e. The first-order valence-electron chi connectivity index (χ1n) is 8.08. The van der Waals surface area contributed by atoms with Crippen LogP contribution < -0.4 is 0 Å². The molecule has 0 bridgehead atoms. The average molecular weight is 308 g/mol. The van der Waals surface area contributed by atoms with Crippen LogP contribution in [0.5, 0.6) is 0 Å². The van der Waals surface area contributed by atoms with Crippen LogP contribution in [-0.2, 0) is 20.9 Å². The lowest BCUT2D eigenvalue weighted by Crippen LogP contribution is -2.20. The molecule has 22 heavy (non-hydrogen) atoms. The van der Waals surface area contributed by atoms with Crippen molar-refractivity contribution in [2.45, 2.75) is 64.8 Å². The predicted molar refractivity (Wildman–Crippen MR) is 86.4 cm³/mol. The highest BCUT2D eigenvalue weighted by Crippen LogP contribution is 2.14. The molecule has 0 aliphatic carbocycles. The van der Waals surface area contributed by atoms with Gasteiger partial charge in [0, 0.05) is 6.92 Å². The molecule has 1 unspecified atom stereocenters. The maximum absolute atomic E-state index is 10.6. The van der Waals surface area contributed by atoms with E-state index in [4.69, 9.17) is 9.47 Å². The summed E-state index contributed by atoms with van der Waals surface area (Å²) in [6.07, 6.45) is 3.60. The Balaban J connectivity index is 2.17. The van der Waals surface area contributed by atoms with Gasteiger partial charge in [0.05, 0.1) is 25.4 Å². The van der Waals surface area contributed by atoms with Crippen LogP contribution in [0.2, 0.25) is 0 Å². The lowest BCUT2D eigenvalue weighted by Gasteiger charge is -2.20. The molecular formula is C18H28O4. The van der Waals surface area contributed by atoms with Crippen molar-refractivity contribution in [2.75, 3.05) is 6.61 Å². The number of rotatable bonds is 11. The van der Waals surface area contributed by atoms with E-state index in [9.17, 15) is 9.90 Å². The molecule has 1 N–H and O–H groups in total. The van der Waals surface area contributed by atoms with Crippen molar-refractivity contribution in [1.82, 2.24) is 0 Å². The minimum absolute atomic E-state index is 0.0728. The van der Waals surface area contributed by atoms with Gasteiger partial charge in [0.2, 0.25) is 0 Å². The Kier molecular flexibility index (Phi) is 9.51. The molecule has 1 aromatic rings. The Hall–Kier alpha value is -1.39. The van der Waals surface area contributed by atoms with Gasteiger partial charge in [0.1, 0.15) is 0 Å². The summed E-state index contributed by atoms with van der Waals surface area (Å²) in [6, 6.07) is 10.1. The second-order valence-electron chi connectivity index (χ2n) is 5.55. The third-order valence-electron chi connectivity index (χ3n) is 3.56. The molecule has 4 nitrogen and oxygen atoms in total. The Morgan fingerprint density at radius 1 is 1.23 bits per heavy atom. The van der Waals surface area contributed by atoms with Gasteiger partial charge in [-0.3, -0.25) is 4.79 Å². The first-order valence-corrected chi connectivity index (χ1v) is 8.08. The molecular weight excluding hydrogens is 280 g/mol. The third kappa shape index (κ3) is 8.80. The number of aliphatic hydroxyl groups is 1. The van der Waals surface area contributed by atoms with Crippen molar-refractivity contribution in [1.29, 1.82) is 0 Å². The van der Waals surface area contributed by atoms with E-state index in [-0.39, 0.29) is 18.2 Å². The molecule has 0 saturated carbocycles. The summed E-state index contributed by atoms with van der Waals surface area (Å²) >= 11 is 0. The molecule has 124 valence electrons. The maximum atomic E-state index is 10.6. The molecule has 0 saturated heterocycles. The zero-order valence-electron chi connectivity index (χ0n) is 13.7. The summed E-state index contributed by atoms with van der Waals surface area (Å²) in [7, 11) is 0. The summed E-state index contributed by atoms with van der Waals surface area (Å²) in [6.45, 7) is 4.50. The van der Waals surface area contributed by atoms with Crippen molar-refractivity contribution >= 4 is 5.97 Å². The number of unbranched alkanes of at least 4 members (excludes halogenated alkanes) is 1. The Bertz CT molecular complexity index is 405. The number of aliphatic hydroxyl groups excluding tert-OH is 1. The monoisotopic (exact) mass is 308 g/mol. The van der Waals surface area contributed by atoms with Gasteiger partial charge < -0.3 is 14.6 Å². The van der Waals surface area contributed by atoms with Crippen LogP contribution in [0, 0.1) is 0 Å². The molecule has 0 amide bonds. The first kappa shape index (κ1) is 18.7. The highest BCUT2D eigenvalue weighted by Gasteiger charge is 2.13. The Labute approximate surface area is 133 Å². The third-order valence-corrected chi connectivity index (χ3v) is 3.56. The highest BCUT2D eigenvalue weighted by atomic mass is 16.5. The number of carbonyl (C=O) groups is 1. The van der Waals surface area contributed by atoms with Crippen molar-refractivity contribution < 1.29 is 19.4 Å². The van der Waals surface area contributed by atoms with E-state index in [2.05, 4.69) is 6.92 Å². The number of esters is 1. The standard InChI is InChI=1S/C18H28O4/c1-3-18(22-14-16-9-5-4-6-10-16)13-17(20)11-7-8-12-21-15(2)19/h4-6,9-10,17-18,20H,3,7-8,11-14H2,1-2H3/t17?,18-/m1/s1. The highest BCUT2D eigenvalue weighted by molar-refractivity contribution is 5.65. The van der Waals surface area contributed by atoms with E-state index in [0.717, 1.165) is 24.8 Å². The van der Waals surface area contributed by atoms with Crippen LogP contribution >= 0.6 is 0 Å². The van der Waals surface area contributed by atoms with Crippen molar-refractivity contribution in [3.05, 3.63) is 35.9 Å². The summed E-state index contributed by atoms with van der Waals surface area (Å²) in [4.78, 5) is 10.6. The summed E-state index contributed by atoms with van der Waals surface area (Å²) < 4.78 is 10.7. The smallest absolute Gasteiger partial charge is 0.302 e. The van der Waals surface area contributed by atoms with Crippen molar-refractivity contribution in [3.63, 3.8) is 0 Å². The molecule has 1 aromatic carbocycles. The molecule has 0 fully saturated rings. The predicted octanol–water partition coefficient (Wildman–Crippen LogP) is 3.47. The molecule has 0 aliphatic heterocycles. The molecule has 0 spiro atoms. The van der Waals surface area contributed by atoms with Gasteiger partial charge in [0.25, 0.3) is 0 Å². The van der Waals surface area contributed by atoms with Gasteiger partial charge in [-0.15, -0.1) is 0 Å². The zero-order chi connectivity index (χ0) is 16.2. The van der Waals surface area contributed by atoms with Gasteiger partial charge in [0.15, 0.2) is 0 Å². The molecule has 2 atom stereocenters. The second kappa shape index (κ2) is 11.2. The molecule has 1 rings (SSSR count). The summed E-state index contributed by atoms with van der Waals surface area (Å²) in [5.41, 5.74) is 1.15. The fourth-order valence-corrected chi connectivity index (χ4v) is 2.26. The molecule has 0 radical (unpaired) electrons. The zero-order valence-corrected chi connectivity index (χ0v) is 13.7. The molecule has 0 heterocycles. The SMILES string of the molecule is CC[C@H](CC(O)CCCCOC(C)=O)OCc1ccccc1. The number of ether oxygens (including phenoxy) is 2. The van der Waals surface area contributed by atoms with Crippen LogP contribution in [0.1, 0.15) is 51.5 Å². The number of carbonyl (C=O) groups excluding carboxylic acids is 1. The van der Waals surface area contributed by atoms with Crippen LogP contribution in [0.3, 0.4) is 0 Å². The quantitative estimate of drug-likeness (QED) is 0.502. The van der Waals surface area contributed by atoms with E-state index < -0.39 is 0 Å². The molecule has 4 heteroatoms. The van der Waals surface area contributed by atoms with Crippen LogP contribution in [0.4, 0.5) is 0 Å². The minimum atomic E-state index is -0.363. The Morgan fingerprint density at radius 3 is 2.59 bits per heavy atom. The van der Waals surface area contributed by atoms with Crippen LogP contribution in [0.25, 0.3) is 0 Å². The average Bonchev–Trinajstić information content (AvgIpc) is 2.51. The normalized spacial score (nSPS) is 13.6. The van der Waals surface area contributed by atoms with Gasteiger partial charge in [-0.2, -0.15) is 0 Å². The van der Waals surface area contributed by atoms with Crippen LogP contribution in [0.15, 0.2) is 30.3 Å². The molecule has 0 aliphatic rings.